The van der Waals surface area contributed by atoms with Gasteiger partial charge in [0.2, 0.25) is 0 Å². The molecule has 4 rings (SSSR count). The second kappa shape index (κ2) is 8.64. The van der Waals surface area contributed by atoms with Crippen LogP contribution in [0.5, 0.6) is 0 Å². The summed E-state index contributed by atoms with van der Waals surface area (Å²) in [4.78, 5) is 14.4. The van der Waals surface area contributed by atoms with Crippen LogP contribution in [0.2, 0.25) is 0 Å². The fourth-order valence-electron chi connectivity index (χ4n) is 4.42. The second-order valence-corrected chi connectivity index (χ2v) is 10.9. The van der Waals surface area contributed by atoms with Gasteiger partial charge in [0.05, 0.1) is 18.1 Å². The number of benzene rings is 1. The highest BCUT2D eigenvalue weighted by atomic mass is 32.2. The van der Waals surface area contributed by atoms with Gasteiger partial charge in [0.15, 0.2) is 9.84 Å². The number of hydrogen-bond acceptors (Lipinski definition) is 5. The van der Waals surface area contributed by atoms with Crippen molar-refractivity contribution in [3.63, 3.8) is 0 Å². The molecule has 3 fully saturated rings. The fourth-order valence-corrected chi connectivity index (χ4v) is 5.05. The SMILES string of the molecule is CS(=O)(=O)c1ccc(COCC2CC2C2CCN(C(=O)OC3CCC3)CC2)cc1. The van der Waals surface area contributed by atoms with Gasteiger partial charge in [0, 0.05) is 19.3 Å². The summed E-state index contributed by atoms with van der Waals surface area (Å²) in [6.07, 6.45) is 7.82. The van der Waals surface area contributed by atoms with E-state index in [2.05, 4.69) is 0 Å². The van der Waals surface area contributed by atoms with Gasteiger partial charge < -0.3 is 14.4 Å². The number of nitrogens with zero attached hydrogens (tertiary/aromatic N) is 1. The van der Waals surface area contributed by atoms with Gasteiger partial charge in [-0.05, 0) is 74.0 Å². The molecule has 0 N–H and O–H groups in total. The Labute approximate surface area is 173 Å². The van der Waals surface area contributed by atoms with E-state index in [1.54, 1.807) is 12.1 Å². The Bertz CT molecular complexity index is 810. The van der Waals surface area contributed by atoms with Gasteiger partial charge in [-0.1, -0.05) is 12.1 Å². The minimum atomic E-state index is -3.15. The fraction of sp³-hybridized carbons (Fsp3) is 0.682. The van der Waals surface area contributed by atoms with E-state index in [0.717, 1.165) is 50.9 Å². The Morgan fingerprint density at radius 1 is 1.10 bits per heavy atom. The van der Waals surface area contributed by atoms with E-state index in [0.29, 0.717) is 29.3 Å². The molecule has 1 amide bonds. The van der Waals surface area contributed by atoms with Crippen molar-refractivity contribution < 1.29 is 22.7 Å². The zero-order valence-electron chi connectivity index (χ0n) is 17.1. The van der Waals surface area contributed by atoms with Crippen LogP contribution in [-0.2, 0) is 25.9 Å². The van der Waals surface area contributed by atoms with Gasteiger partial charge in [0.25, 0.3) is 0 Å². The first-order valence-corrected chi connectivity index (χ1v) is 12.6. The molecule has 1 saturated heterocycles. The smallest absolute Gasteiger partial charge is 0.410 e. The number of ether oxygens (including phenoxy) is 2. The lowest BCUT2D eigenvalue weighted by Gasteiger charge is -2.34. The van der Waals surface area contributed by atoms with Crippen LogP contribution in [0.4, 0.5) is 4.79 Å². The number of carbonyl (C=O) groups is 1. The quantitative estimate of drug-likeness (QED) is 0.672. The molecule has 0 bridgehead atoms. The summed E-state index contributed by atoms with van der Waals surface area (Å²) >= 11 is 0. The van der Waals surface area contributed by atoms with Crippen molar-refractivity contribution in [2.45, 2.75) is 56.1 Å². The molecular formula is C22H31NO5S. The maximum Gasteiger partial charge on any atom is 0.410 e. The van der Waals surface area contributed by atoms with Crippen LogP contribution < -0.4 is 0 Å². The highest BCUT2D eigenvalue weighted by molar-refractivity contribution is 7.90. The average Bonchev–Trinajstić information content (AvgIpc) is 3.44. The third kappa shape index (κ3) is 5.31. The van der Waals surface area contributed by atoms with E-state index in [1.165, 1.54) is 19.1 Å². The van der Waals surface area contributed by atoms with Gasteiger partial charge in [-0.15, -0.1) is 0 Å². The zero-order chi connectivity index (χ0) is 20.4. The molecule has 0 spiro atoms. The molecule has 1 aromatic rings. The van der Waals surface area contributed by atoms with E-state index >= 15 is 0 Å². The molecule has 2 aliphatic carbocycles. The Morgan fingerprint density at radius 3 is 2.38 bits per heavy atom. The molecule has 3 aliphatic rings. The lowest BCUT2D eigenvalue weighted by Crippen LogP contribution is -2.41. The highest BCUT2D eigenvalue weighted by Gasteiger charge is 2.44. The highest BCUT2D eigenvalue weighted by Crippen LogP contribution is 2.48. The number of piperidine rings is 1. The topological polar surface area (TPSA) is 72.9 Å². The summed E-state index contributed by atoms with van der Waals surface area (Å²) in [6, 6.07) is 6.91. The minimum absolute atomic E-state index is 0.120. The van der Waals surface area contributed by atoms with Crippen LogP contribution in [0.25, 0.3) is 0 Å². The van der Waals surface area contributed by atoms with Gasteiger partial charge in [0.1, 0.15) is 6.10 Å². The summed E-state index contributed by atoms with van der Waals surface area (Å²) in [7, 11) is -3.15. The van der Waals surface area contributed by atoms with Crippen LogP contribution in [0, 0.1) is 17.8 Å². The predicted octanol–water partition coefficient (Wildman–Crippen LogP) is 3.64. The molecule has 1 aliphatic heterocycles. The Kier molecular flexibility index (Phi) is 6.16. The molecule has 160 valence electrons. The standard InChI is InChI=1S/C22H31NO5S/c1-29(25,26)20-7-5-16(6-8-20)14-27-15-18-13-21(18)17-9-11-23(12-10-17)22(24)28-19-3-2-4-19/h5-8,17-19,21H,2-4,9-15H2,1H3. The molecule has 2 atom stereocenters. The van der Waals surface area contributed by atoms with E-state index in [1.807, 2.05) is 17.0 Å². The summed E-state index contributed by atoms with van der Waals surface area (Å²) in [5.74, 6) is 2.02. The van der Waals surface area contributed by atoms with Gasteiger partial charge in [-0.3, -0.25) is 0 Å². The molecule has 0 aromatic heterocycles. The van der Waals surface area contributed by atoms with E-state index < -0.39 is 9.84 Å². The van der Waals surface area contributed by atoms with Crippen LogP contribution in [-0.4, -0.2) is 51.5 Å². The second-order valence-electron chi connectivity index (χ2n) is 8.85. The maximum absolute atomic E-state index is 12.2. The largest absolute Gasteiger partial charge is 0.446 e. The summed E-state index contributed by atoms with van der Waals surface area (Å²) in [6.45, 7) is 2.89. The van der Waals surface area contributed by atoms with Crippen LogP contribution in [0.1, 0.15) is 44.1 Å². The number of carbonyl (C=O) groups excluding carboxylic acids is 1. The Balaban J connectivity index is 1.13. The van der Waals surface area contributed by atoms with Gasteiger partial charge in [-0.2, -0.15) is 0 Å². The van der Waals surface area contributed by atoms with Crippen LogP contribution in [0.15, 0.2) is 29.2 Å². The van der Waals surface area contributed by atoms with Crippen molar-refractivity contribution in [2.24, 2.45) is 17.8 Å². The van der Waals surface area contributed by atoms with E-state index in [-0.39, 0.29) is 12.2 Å². The molecule has 29 heavy (non-hydrogen) atoms. The average molecular weight is 422 g/mol. The molecule has 2 saturated carbocycles. The number of sulfone groups is 1. The van der Waals surface area contributed by atoms with Crippen molar-refractivity contribution in [1.29, 1.82) is 0 Å². The number of likely N-dealkylation sites (tertiary alicyclic amines) is 1. The van der Waals surface area contributed by atoms with Crippen molar-refractivity contribution in [2.75, 3.05) is 26.0 Å². The summed E-state index contributed by atoms with van der Waals surface area (Å²) in [5.41, 5.74) is 0.993. The third-order valence-electron chi connectivity index (χ3n) is 6.65. The Hall–Kier alpha value is -1.60. The lowest BCUT2D eigenvalue weighted by molar-refractivity contribution is 0.0192. The molecule has 1 aromatic carbocycles. The molecule has 6 nitrogen and oxygen atoms in total. The van der Waals surface area contributed by atoms with Crippen LogP contribution >= 0.6 is 0 Å². The van der Waals surface area contributed by atoms with Crippen molar-refractivity contribution in [3.8, 4) is 0 Å². The first kappa shape index (κ1) is 20.7. The summed E-state index contributed by atoms with van der Waals surface area (Å²) in [5, 5.41) is 0. The monoisotopic (exact) mass is 421 g/mol. The number of amides is 1. The van der Waals surface area contributed by atoms with Gasteiger partial charge >= 0.3 is 6.09 Å². The van der Waals surface area contributed by atoms with Gasteiger partial charge in [-0.25, -0.2) is 13.2 Å². The molecule has 0 radical (unpaired) electrons. The minimum Gasteiger partial charge on any atom is -0.446 e. The summed E-state index contributed by atoms with van der Waals surface area (Å²) < 4.78 is 34.4. The van der Waals surface area contributed by atoms with E-state index in [4.69, 9.17) is 9.47 Å². The maximum atomic E-state index is 12.2. The first-order chi connectivity index (χ1) is 13.9. The number of rotatable bonds is 7. The zero-order valence-corrected chi connectivity index (χ0v) is 17.9. The molecule has 2 unspecified atom stereocenters. The van der Waals surface area contributed by atoms with Crippen molar-refractivity contribution in [1.82, 2.24) is 4.90 Å². The first-order valence-electron chi connectivity index (χ1n) is 10.7. The van der Waals surface area contributed by atoms with Crippen molar-refractivity contribution in [3.05, 3.63) is 29.8 Å². The Morgan fingerprint density at radius 2 is 1.79 bits per heavy atom. The number of hydrogen-bond donors (Lipinski definition) is 0. The molecule has 7 heteroatoms. The predicted molar refractivity (Wildman–Crippen MR) is 109 cm³/mol. The van der Waals surface area contributed by atoms with E-state index in [9.17, 15) is 13.2 Å². The molecular weight excluding hydrogens is 390 g/mol. The molecule has 1 heterocycles. The normalized spacial score (nSPS) is 25.5. The lowest BCUT2D eigenvalue weighted by atomic mass is 9.91. The van der Waals surface area contributed by atoms with Crippen molar-refractivity contribution >= 4 is 15.9 Å². The third-order valence-corrected chi connectivity index (χ3v) is 7.78. The van der Waals surface area contributed by atoms with Crippen LogP contribution in [0.3, 0.4) is 0 Å².